The summed E-state index contributed by atoms with van der Waals surface area (Å²) in [6.07, 6.45) is 0.677. The van der Waals surface area contributed by atoms with E-state index in [2.05, 4.69) is 0 Å². The molecule has 1 saturated heterocycles. The zero-order valence-corrected chi connectivity index (χ0v) is 14.1. The number of hydrogen-bond acceptors (Lipinski definition) is 5. The van der Waals surface area contributed by atoms with Gasteiger partial charge in [0, 0.05) is 30.0 Å². The number of ether oxygens (including phenoxy) is 2. The molecule has 2 aromatic rings. The highest BCUT2D eigenvalue weighted by Gasteiger charge is 2.32. The van der Waals surface area contributed by atoms with Crippen molar-refractivity contribution in [2.75, 3.05) is 32.9 Å². The van der Waals surface area contributed by atoms with Gasteiger partial charge in [-0.25, -0.2) is 9.18 Å². The van der Waals surface area contributed by atoms with E-state index in [9.17, 15) is 9.18 Å². The summed E-state index contributed by atoms with van der Waals surface area (Å²) in [5.41, 5.74) is 0.362. The topological polar surface area (TPSA) is 38.8 Å². The third-order valence-electron chi connectivity index (χ3n) is 4.01. The van der Waals surface area contributed by atoms with Crippen LogP contribution in [0.3, 0.4) is 0 Å². The van der Waals surface area contributed by atoms with Crippen molar-refractivity contribution in [2.24, 2.45) is 0 Å². The summed E-state index contributed by atoms with van der Waals surface area (Å²) in [5, 5.41) is 1.99. The minimum atomic E-state index is -0.724. The highest BCUT2D eigenvalue weighted by molar-refractivity contribution is 7.09. The van der Waals surface area contributed by atoms with Crippen molar-refractivity contribution in [1.29, 1.82) is 0 Å². The van der Waals surface area contributed by atoms with Gasteiger partial charge in [-0.15, -0.1) is 11.3 Å². The second-order valence-electron chi connectivity index (χ2n) is 5.57. The first-order valence-electron chi connectivity index (χ1n) is 8.01. The fraction of sp³-hybridized carbons (Fsp3) is 0.389. The van der Waals surface area contributed by atoms with Crippen molar-refractivity contribution in [2.45, 2.75) is 12.5 Å². The summed E-state index contributed by atoms with van der Waals surface area (Å²) in [7, 11) is 0. The van der Waals surface area contributed by atoms with Gasteiger partial charge in [-0.3, -0.25) is 4.90 Å². The van der Waals surface area contributed by atoms with Gasteiger partial charge in [0.25, 0.3) is 0 Å². The van der Waals surface area contributed by atoms with E-state index < -0.39 is 12.0 Å². The number of thiophene rings is 1. The smallest absolute Gasteiger partial charge is 0.328 e. The van der Waals surface area contributed by atoms with Gasteiger partial charge in [-0.1, -0.05) is 24.3 Å². The molecule has 1 fully saturated rings. The molecule has 1 aromatic heterocycles. The molecule has 2 heterocycles. The van der Waals surface area contributed by atoms with E-state index in [0.29, 0.717) is 44.9 Å². The third kappa shape index (κ3) is 4.20. The standard InChI is InChI=1S/C18H20FNO3S/c19-16-6-2-1-5-15(16)17(20-8-11-22-12-9-20)18(21)23-10-7-14-4-3-13-24-14/h1-6,13,17H,7-12H2/t17-/m0/s1. The van der Waals surface area contributed by atoms with Crippen LogP contribution in [-0.2, 0) is 20.7 Å². The van der Waals surface area contributed by atoms with E-state index in [0.717, 1.165) is 4.88 Å². The Bertz CT molecular complexity index is 656. The Morgan fingerprint density at radius 1 is 1.25 bits per heavy atom. The summed E-state index contributed by atoms with van der Waals surface area (Å²) >= 11 is 1.63. The second kappa shape index (κ2) is 8.37. The van der Waals surface area contributed by atoms with Crippen LogP contribution >= 0.6 is 11.3 Å². The first kappa shape index (κ1) is 17.1. The molecule has 0 bridgehead atoms. The Balaban J connectivity index is 1.71. The molecule has 0 N–H and O–H groups in total. The van der Waals surface area contributed by atoms with Gasteiger partial charge in [0.15, 0.2) is 0 Å². The SMILES string of the molecule is O=C(OCCc1cccs1)[C@H](c1ccccc1F)N1CCOCC1. The largest absolute Gasteiger partial charge is 0.464 e. The molecule has 128 valence electrons. The van der Waals surface area contributed by atoms with Gasteiger partial charge in [0.2, 0.25) is 0 Å². The average molecular weight is 349 g/mol. The molecule has 6 heteroatoms. The Morgan fingerprint density at radius 3 is 2.75 bits per heavy atom. The zero-order valence-electron chi connectivity index (χ0n) is 13.3. The van der Waals surface area contributed by atoms with E-state index in [-0.39, 0.29) is 5.82 Å². The van der Waals surface area contributed by atoms with Crippen molar-refractivity contribution < 1.29 is 18.7 Å². The van der Waals surface area contributed by atoms with Crippen molar-refractivity contribution in [3.8, 4) is 0 Å². The first-order valence-corrected chi connectivity index (χ1v) is 8.89. The summed E-state index contributed by atoms with van der Waals surface area (Å²) in [6.45, 7) is 2.54. The summed E-state index contributed by atoms with van der Waals surface area (Å²) < 4.78 is 25.0. The molecular weight excluding hydrogens is 329 g/mol. The first-order chi connectivity index (χ1) is 11.8. The maximum Gasteiger partial charge on any atom is 0.328 e. The van der Waals surface area contributed by atoms with Gasteiger partial charge in [0.1, 0.15) is 11.9 Å². The maximum atomic E-state index is 14.2. The predicted octanol–water partition coefficient (Wildman–Crippen LogP) is 3.05. The Labute approximate surface area is 144 Å². The monoisotopic (exact) mass is 349 g/mol. The van der Waals surface area contributed by atoms with Crippen LogP contribution in [0.4, 0.5) is 4.39 Å². The van der Waals surface area contributed by atoms with Crippen molar-refractivity contribution >= 4 is 17.3 Å². The van der Waals surface area contributed by atoms with Crippen LogP contribution in [0.5, 0.6) is 0 Å². The van der Waals surface area contributed by atoms with E-state index in [1.807, 2.05) is 22.4 Å². The summed E-state index contributed by atoms with van der Waals surface area (Å²) in [5.74, 6) is -0.789. The lowest BCUT2D eigenvalue weighted by molar-refractivity contribution is -0.152. The van der Waals surface area contributed by atoms with Crippen molar-refractivity contribution in [1.82, 2.24) is 4.90 Å². The van der Waals surface area contributed by atoms with Crippen LogP contribution < -0.4 is 0 Å². The van der Waals surface area contributed by atoms with Gasteiger partial charge >= 0.3 is 5.97 Å². The lowest BCUT2D eigenvalue weighted by Gasteiger charge is -2.33. The zero-order chi connectivity index (χ0) is 16.8. The number of nitrogens with zero attached hydrogens (tertiary/aromatic N) is 1. The number of hydrogen-bond donors (Lipinski definition) is 0. The van der Waals surface area contributed by atoms with Gasteiger partial charge in [-0.2, -0.15) is 0 Å². The fourth-order valence-corrected chi connectivity index (χ4v) is 3.48. The summed E-state index contributed by atoms with van der Waals surface area (Å²) in [6, 6.07) is 9.64. The lowest BCUT2D eigenvalue weighted by atomic mass is 10.0. The van der Waals surface area contributed by atoms with Crippen LogP contribution in [0, 0.1) is 5.82 Å². The van der Waals surface area contributed by atoms with E-state index in [1.165, 1.54) is 6.07 Å². The third-order valence-corrected chi connectivity index (χ3v) is 4.94. The highest BCUT2D eigenvalue weighted by Crippen LogP contribution is 2.26. The Kier molecular flexibility index (Phi) is 5.96. The number of carbonyl (C=O) groups excluding carboxylic acids is 1. The highest BCUT2D eigenvalue weighted by atomic mass is 32.1. The maximum absolute atomic E-state index is 14.2. The van der Waals surface area contributed by atoms with Crippen molar-refractivity contribution in [3.63, 3.8) is 0 Å². The minimum absolute atomic E-state index is 0.300. The molecule has 1 atom stereocenters. The molecule has 0 saturated carbocycles. The minimum Gasteiger partial charge on any atom is -0.464 e. The number of rotatable bonds is 6. The molecule has 3 rings (SSSR count). The van der Waals surface area contributed by atoms with Crippen LogP contribution in [0.25, 0.3) is 0 Å². The average Bonchev–Trinajstić information content (AvgIpc) is 3.11. The molecule has 24 heavy (non-hydrogen) atoms. The van der Waals surface area contributed by atoms with Gasteiger partial charge < -0.3 is 9.47 Å². The number of halogens is 1. The summed E-state index contributed by atoms with van der Waals surface area (Å²) in [4.78, 5) is 15.7. The van der Waals surface area contributed by atoms with Crippen LogP contribution in [0.15, 0.2) is 41.8 Å². The molecule has 0 unspecified atom stereocenters. The van der Waals surface area contributed by atoms with E-state index >= 15 is 0 Å². The number of benzene rings is 1. The van der Waals surface area contributed by atoms with E-state index in [1.54, 1.807) is 29.5 Å². The van der Waals surface area contributed by atoms with Crippen molar-refractivity contribution in [3.05, 3.63) is 58.0 Å². The lowest BCUT2D eigenvalue weighted by Crippen LogP contribution is -2.43. The number of carbonyl (C=O) groups is 1. The molecular formula is C18H20FNO3S. The molecule has 1 aromatic carbocycles. The van der Waals surface area contributed by atoms with Crippen LogP contribution in [-0.4, -0.2) is 43.8 Å². The molecule has 0 radical (unpaired) electrons. The normalized spacial score (nSPS) is 16.7. The van der Waals surface area contributed by atoms with Crippen LogP contribution in [0.1, 0.15) is 16.5 Å². The molecule has 0 amide bonds. The molecule has 0 aliphatic carbocycles. The van der Waals surface area contributed by atoms with Gasteiger partial charge in [-0.05, 0) is 17.5 Å². The Morgan fingerprint density at radius 2 is 2.04 bits per heavy atom. The molecule has 1 aliphatic heterocycles. The van der Waals surface area contributed by atoms with Crippen LogP contribution in [0.2, 0.25) is 0 Å². The predicted molar refractivity (Wildman–Crippen MR) is 90.5 cm³/mol. The van der Waals surface area contributed by atoms with Gasteiger partial charge in [0.05, 0.1) is 19.8 Å². The molecule has 1 aliphatic rings. The molecule has 0 spiro atoms. The fourth-order valence-electron chi connectivity index (χ4n) is 2.79. The number of morpholine rings is 1. The second-order valence-corrected chi connectivity index (χ2v) is 6.60. The molecule has 4 nitrogen and oxygen atoms in total. The Hall–Kier alpha value is -1.76. The number of esters is 1. The quantitative estimate of drug-likeness (QED) is 0.752. The van der Waals surface area contributed by atoms with E-state index in [4.69, 9.17) is 9.47 Å².